The molecule has 0 aliphatic heterocycles. The quantitative estimate of drug-likeness (QED) is 0.751. The molecule has 0 aliphatic rings. The van der Waals surface area contributed by atoms with Crippen molar-refractivity contribution >= 4 is 25.6 Å². The number of amides is 1. The normalized spacial score (nSPS) is 12.8. The van der Waals surface area contributed by atoms with Gasteiger partial charge in [-0.25, -0.2) is 8.42 Å². The third kappa shape index (κ3) is 4.11. The van der Waals surface area contributed by atoms with Crippen molar-refractivity contribution in [1.82, 2.24) is 4.90 Å². The Morgan fingerprint density at radius 3 is 2.43 bits per heavy atom. The fraction of sp³-hybridized carbons (Fsp3) is 0.500. The first-order valence-corrected chi connectivity index (χ1v) is 9.00. The Balaban J connectivity index is 3.35. The van der Waals surface area contributed by atoms with Crippen LogP contribution in [0, 0.1) is 0 Å². The van der Waals surface area contributed by atoms with Crippen LogP contribution in [0.4, 0.5) is 0 Å². The smallest absolute Gasteiger partial charge is 0.261 e. The number of halogens is 1. The van der Waals surface area contributed by atoms with E-state index in [1.807, 2.05) is 20.8 Å². The fourth-order valence-corrected chi connectivity index (χ4v) is 2.81. The van der Waals surface area contributed by atoms with Crippen LogP contribution in [-0.2, 0) is 9.05 Å². The van der Waals surface area contributed by atoms with Gasteiger partial charge in [0.2, 0.25) is 0 Å². The summed E-state index contributed by atoms with van der Waals surface area (Å²) in [6.07, 6.45) is 0.801. The number of hydrogen-bond acceptors (Lipinski definition) is 4. The summed E-state index contributed by atoms with van der Waals surface area (Å²) in [5, 5.41) is 0. The Kier molecular flexibility index (Phi) is 6.04. The molecule has 1 amide bonds. The van der Waals surface area contributed by atoms with Crippen molar-refractivity contribution in [2.75, 3.05) is 13.7 Å². The molecular weight excluding hydrogens is 314 g/mol. The molecule has 0 heterocycles. The van der Waals surface area contributed by atoms with Crippen LogP contribution in [0.15, 0.2) is 23.1 Å². The van der Waals surface area contributed by atoms with E-state index in [-0.39, 0.29) is 22.4 Å². The van der Waals surface area contributed by atoms with Crippen molar-refractivity contribution in [1.29, 1.82) is 0 Å². The number of benzene rings is 1. The molecule has 0 saturated carbocycles. The third-order valence-electron chi connectivity index (χ3n) is 3.41. The summed E-state index contributed by atoms with van der Waals surface area (Å²) in [7, 11) is 2.88. The van der Waals surface area contributed by atoms with E-state index in [0.29, 0.717) is 12.3 Å². The second-order valence-corrected chi connectivity index (χ2v) is 7.21. The van der Waals surface area contributed by atoms with Crippen LogP contribution in [0.3, 0.4) is 0 Å². The molecule has 0 bridgehead atoms. The van der Waals surface area contributed by atoms with E-state index in [0.717, 1.165) is 6.42 Å². The van der Waals surface area contributed by atoms with E-state index in [2.05, 4.69) is 0 Å². The SMILES string of the molecule is CCC(C)N(CC)C(=O)c1cc(S(=O)(=O)Cl)ccc1OC. The lowest BCUT2D eigenvalue weighted by atomic mass is 10.1. The topological polar surface area (TPSA) is 63.7 Å². The van der Waals surface area contributed by atoms with Gasteiger partial charge in [-0.3, -0.25) is 4.79 Å². The van der Waals surface area contributed by atoms with Gasteiger partial charge in [-0.2, -0.15) is 0 Å². The number of methoxy groups -OCH3 is 1. The van der Waals surface area contributed by atoms with Gasteiger partial charge in [-0.05, 0) is 38.5 Å². The maximum absolute atomic E-state index is 12.6. The lowest BCUT2D eigenvalue weighted by Crippen LogP contribution is -2.38. The Hall–Kier alpha value is -1.27. The number of hydrogen-bond donors (Lipinski definition) is 0. The van der Waals surface area contributed by atoms with Crippen LogP contribution in [0.1, 0.15) is 37.6 Å². The van der Waals surface area contributed by atoms with E-state index in [1.54, 1.807) is 4.90 Å². The summed E-state index contributed by atoms with van der Waals surface area (Å²) < 4.78 is 28.0. The Labute approximate surface area is 130 Å². The largest absolute Gasteiger partial charge is 0.496 e. The number of carbonyl (C=O) groups is 1. The van der Waals surface area contributed by atoms with Gasteiger partial charge in [0, 0.05) is 23.3 Å². The molecule has 21 heavy (non-hydrogen) atoms. The Bertz CT molecular complexity index is 615. The number of nitrogens with zero attached hydrogens (tertiary/aromatic N) is 1. The zero-order valence-corrected chi connectivity index (χ0v) is 14.2. The molecule has 0 radical (unpaired) electrons. The summed E-state index contributed by atoms with van der Waals surface area (Å²) in [5.74, 6) is 0.0525. The highest BCUT2D eigenvalue weighted by atomic mass is 35.7. The molecule has 1 unspecified atom stereocenters. The van der Waals surface area contributed by atoms with Gasteiger partial charge in [0.15, 0.2) is 0 Å². The van der Waals surface area contributed by atoms with Gasteiger partial charge < -0.3 is 9.64 Å². The Morgan fingerprint density at radius 2 is 2.00 bits per heavy atom. The van der Waals surface area contributed by atoms with Crippen LogP contribution in [0.2, 0.25) is 0 Å². The molecule has 5 nitrogen and oxygen atoms in total. The summed E-state index contributed by atoms with van der Waals surface area (Å²) in [6, 6.07) is 4.06. The van der Waals surface area contributed by atoms with Crippen molar-refractivity contribution in [3.05, 3.63) is 23.8 Å². The van der Waals surface area contributed by atoms with Crippen LogP contribution < -0.4 is 4.74 Å². The minimum atomic E-state index is -3.90. The standard InChI is InChI=1S/C14H20ClNO4S/c1-5-10(3)16(6-2)14(17)12-9-11(21(15,18)19)7-8-13(12)20-4/h7-10H,5-6H2,1-4H3. The van der Waals surface area contributed by atoms with E-state index in [9.17, 15) is 13.2 Å². The third-order valence-corrected chi connectivity index (χ3v) is 4.76. The highest BCUT2D eigenvalue weighted by Gasteiger charge is 2.24. The summed E-state index contributed by atoms with van der Waals surface area (Å²) in [4.78, 5) is 14.2. The highest BCUT2D eigenvalue weighted by molar-refractivity contribution is 8.13. The second kappa shape index (κ2) is 7.13. The van der Waals surface area contributed by atoms with Crippen LogP contribution >= 0.6 is 10.7 Å². The van der Waals surface area contributed by atoms with Gasteiger partial charge in [0.1, 0.15) is 5.75 Å². The van der Waals surface area contributed by atoms with Crippen molar-refractivity contribution in [2.45, 2.75) is 38.1 Å². The highest BCUT2D eigenvalue weighted by Crippen LogP contribution is 2.26. The first-order chi connectivity index (χ1) is 9.76. The van der Waals surface area contributed by atoms with Gasteiger partial charge >= 0.3 is 0 Å². The van der Waals surface area contributed by atoms with E-state index in [1.165, 1.54) is 25.3 Å². The predicted octanol–water partition coefficient (Wildman–Crippen LogP) is 2.88. The number of ether oxygens (including phenoxy) is 1. The lowest BCUT2D eigenvalue weighted by molar-refractivity contribution is 0.0696. The number of carbonyl (C=O) groups excluding carboxylic acids is 1. The summed E-state index contributed by atoms with van der Waals surface area (Å²) >= 11 is 0. The first kappa shape index (κ1) is 17.8. The van der Waals surface area contributed by atoms with E-state index >= 15 is 0 Å². The molecule has 7 heteroatoms. The van der Waals surface area contributed by atoms with E-state index < -0.39 is 9.05 Å². The zero-order valence-electron chi connectivity index (χ0n) is 12.6. The Morgan fingerprint density at radius 1 is 1.38 bits per heavy atom. The molecule has 0 aliphatic carbocycles. The molecule has 1 rings (SSSR count). The van der Waals surface area contributed by atoms with Crippen molar-refractivity contribution in [3.63, 3.8) is 0 Å². The van der Waals surface area contributed by atoms with Gasteiger partial charge in [0.25, 0.3) is 15.0 Å². The zero-order chi connectivity index (χ0) is 16.2. The molecule has 0 aromatic heterocycles. The first-order valence-electron chi connectivity index (χ1n) is 6.69. The minimum absolute atomic E-state index is 0.0449. The van der Waals surface area contributed by atoms with Gasteiger partial charge in [0.05, 0.1) is 17.6 Å². The molecule has 0 saturated heterocycles. The molecule has 1 aromatic rings. The number of rotatable bonds is 6. The van der Waals surface area contributed by atoms with Gasteiger partial charge in [-0.1, -0.05) is 6.92 Å². The lowest BCUT2D eigenvalue weighted by Gasteiger charge is -2.28. The molecule has 0 N–H and O–H groups in total. The predicted molar refractivity (Wildman–Crippen MR) is 82.5 cm³/mol. The fourth-order valence-electron chi connectivity index (χ4n) is 2.04. The molecule has 118 valence electrons. The minimum Gasteiger partial charge on any atom is -0.496 e. The molecule has 0 spiro atoms. The molecule has 1 atom stereocenters. The van der Waals surface area contributed by atoms with Crippen LogP contribution in [-0.4, -0.2) is 38.9 Å². The van der Waals surface area contributed by atoms with Crippen LogP contribution in [0.5, 0.6) is 5.75 Å². The molecule has 1 aromatic carbocycles. The molecule has 0 fully saturated rings. The maximum Gasteiger partial charge on any atom is 0.261 e. The van der Waals surface area contributed by atoms with Crippen molar-refractivity contribution in [2.24, 2.45) is 0 Å². The summed E-state index contributed by atoms with van der Waals surface area (Å²) in [6.45, 7) is 6.32. The average Bonchev–Trinajstić information content (AvgIpc) is 2.45. The van der Waals surface area contributed by atoms with Gasteiger partial charge in [-0.15, -0.1) is 0 Å². The second-order valence-electron chi connectivity index (χ2n) is 4.65. The van der Waals surface area contributed by atoms with Crippen molar-refractivity contribution < 1.29 is 17.9 Å². The average molecular weight is 334 g/mol. The van der Waals surface area contributed by atoms with Crippen LogP contribution in [0.25, 0.3) is 0 Å². The van der Waals surface area contributed by atoms with E-state index in [4.69, 9.17) is 15.4 Å². The monoisotopic (exact) mass is 333 g/mol. The molecular formula is C14H20ClNO4S. The maximum atomic E-state index is 12.6. The van der Waals surface area contributed by atoms with Crippen molar-refractivity contribution in [3.8, 4) is 5.75 Å². The summed E-state index contributed by atoms with van der Waals surface area (Å²) in [5.41, 5.74) is 0.196.